The Bertz CT molecular complexity index is 3230. The predicted molar refractivity (Wildman–Crippen MR) is 328 cm³/mol. The Balaban J connectivity index is 0.000000191. The molecule has 81 heavy (non-hydrogen) atoms. The van der Waals surface area contributed by atoms with Crippen LogP contribution in [0.5, 0.6) is 11.5 Å². The summed E-state index contributed by atoms with van der Waals surface area (Å²) in [6, 6.07) is 26.0. The number of nitrogens with zero attached hydrogens (tertiary/aromatic N) is 4. The molecule has 4 aliphatic heterocycles. The van der Waals surface area contributed by atoms with Crippen LogP contribution in [0.1, 0.15) is 148 Å². The fourth-order valence-electron chi connectivity index (χ4n) is 14.5. The molecule has 0 radical (unpaired) electrons. The molecule has 4 bridgehead atoms. The quantitative estimate of drug-likeness (QED) is 0.183. The van der Waals surface area contributed by atoms with Crippen molar-refractivity contribution in [1.29, 1.82) is 0 Å². The van der Waals surface area contributed by atoms with E-state index in [1.165, 1.54) is 35.1 Å². The molecule has 440 valence electrons. The largest absolute Gasteiger partial charge is 0.490 e. The number of rotatable bonds is 2. The number of fused-ring (bicyclic) bond motifs is 8. The van der Waals surface area contributed by atoms with Crippen LogP contribution in [0.4, 0.5) is 11.4 Å². The van der Waals surface area contributed by atoms with E-state index in [0.29, 0.717) is 60.9 Å². The third-order valence-electron chi connectivity index (χ3n) is 19.0. The van der Waals surface area contributed by atoms with Gasteiger partial charge in [0.05, 0.1) is 36.8 Å². The number of anilines is 2. The van der Waals surface area contributed by atoms with Crippen LogP contribution >= 0.6 is 11.6 Å². The van der Waals surface area contributed by atoms with Crippen molar-refractivity contribution in [3.05, 3.63) is 129 Å². The summed E-state index contributed by atoms with van der Waals surface area (Å²) < 4.78 is 59.0. The Morgan fingerprint density at radius 1 is 0.617 bits per heavy atom. The van der Waals surface area contributed by atoms with E-state index >= 15 is 0 Å². The van der Waals surface area contributed by atoms with Crippen LogP contribution in [-0.4, -0.2) is 97.6 Å². The fraction of sp³-hybridized carbons (Fsp3) is 0.562. The number of nitrogens with two attached hydrogens (primary N) is 2. The minimum Gasteiger partial charge on any atom is -0.490 e. The number of carbonyl (C=O) groups excluding carboxylic acids is 2. The van der Waals surface area contributed by atoms with E-state index in [4.69, 9.17) is 40.8 Å². The van der Waals surface area contributed by atoms with Crippen LogP contribution < -0.4 is 29.6 Å². The van der Waals surface area contributed by atoms with Crippen LogP contribution in [0.2, 0.25) is 5.02 Å². The highest BCUT2D eigenvalue weighted by atomic mass is 35.5. The summed E-state index contributed by atoms with van der Waals surface area (Å²) in [6.07, 6.45) is 20.3. The molecule has 8 aliphatic rings. The van der Waals surface area contributed by atoms with E-state index in [9.17, 15) is 18.0 Å². The number of ether oxygens (including phenoxy) is 4. The van der Waals surface area contributed by atoms with Gasteiger partial charge in [0, 0.05) is 78.9 Å². The van der Waals surface area contributed by atoms with Crippen molar-refractivity contribution in [2.45, 2.75) is 141 Å². The standard InChI is InChI=1S/C31H38ClN3O4S.C31H41N3O4S.2CH4/c1-38-28-7-3-2-4-15-40(33,37)34-30(36)22-9-13-29-27(17-22)35(18-23-8-11-25(23)28)19-31(20-39-29)14-5-6-21-16-24(32)10-12-26(21)31;1-37-28-11-3-2-6-17-39(32,36)33-30(35)23-13-15-29-27(18-23)34(19-24-12-14-25(24)28)20-31(21-38-29)16-7-9-22-8-4-5-10-26(22)31;;/h2-3,9-10,12-13,16-17,23,25,28H,4-8,11,14-15,18-20H2,1H3,(H2,33,34,36,37);4-5,8,10,13,15,18,24-25,28H,2-3,6-7,9,11-12,14,16-17,19-21H2,1H3,(H2,32,33,35,36);2*1H4/b3-2-;;;/t23-,25+,28-,31-,40?;24-,25+,28-,31-,39?;;/m00../s1. The second kappa shape index (κ2) is 25.6. The van der Waals surface area contributed by atoms with E-state index in [-0.39, 0.29) is 49.4 Å². The van der Waals surface area contributed by atoms with Gasteiger partial charge in [0.2, 0.25) is 0 Å². The monoisotopic (exact) mass is 1170 g/mol. The smallest absolute Gasteiger partial charge is 0.286 e. The number of aryl methyl sites for hydroxylation is 2. The molecule has 10 atom stereocenters. The van der Waals surface area contributed by atoms with Gasteiger partial charge in [-0.15, -0.1) is 8.73 Å². The molecular weight excluding hydrogens is 1080 g/mol. The summed E-state index contributed by atoms with van der Waals surface area (Å²) >= 11 is 6.40. The molecule has 4 aromatic rings. The fourth-order valence-corrected chi connectivity index (χ4v) is 16.7. The number of methoxy groups -OCH3 is 2. The van der Waals surface area contributed by atoms with E-state index in [1.807, 2.05) is 43.5 Å². The predicted octanol–water partition coefficient (Wildman–Crippen LogP) is 12.2. The van der Waals surface area contributed by atoms with Gasteiger partial charge in [-0.05, 0) is 184 Å². The summed E-state index contributed by atoms with van der Waals surface area (Å²) in [6.45, 7) is 4.51. The minimum atomic E-state index is -3.15. The molecule has 17 heteroatoms. The highest BCUT2D eigenvalue weighted by molar-refractivity contribution is 7.92. The topological polar surface area (TPSA) is 188 Å². The Kier molecular flexibility index (Phi) is 19.2. The highest BCUT2D eigenvalue weighted by Crippen LogP contribution is 2.49. The molecule has 2 amide bonds. The van der Waals surface area contributed by atoms with E-state index < -0.39 is 31.6 Å². The average molecular weight is 1170 g/mol. The third kappa shape index (κ3) is 13.1. The second-order valence-corrected chi connectivity index (χ2v) is 28.3. The maximum atomic E-state index is 13.2. The van der Waals surface area contributed by atoms with E-state index in [1.54, 1.807) is 19.2 Å². The lowest BCUT2D eigenvalue weighted by molar-refractivity contribution is -0.0220. The number of hydrogen-bond acceptors (Lipinski definition) is 10. The van der Waals surface area contributed by atoms with Crippen LogP contribution in [0.15, 0.2) is 99.7 Å². The zero-order chi connectivity index (χ0) is 54.9. The van der Waals surface area contributed by atoms with Gasteiger partial charge in [-0.3, -0.25) is 9.59 Å². The zero-order valence-corrected chi connectivity index (χ0v) is 48.4. The van der Waals surface area contributed by atoms with Gasteiger partial charge < -0.3 is 28.7 Å². The number of amides is 2. The normalized spacial score (nSPS) is 32.3. The Morgan fingerprint density at radius 3 is 1.75 bits per heavy atom. The Labute approximate surface area is 488 Å². The molecule has 2 spiro atoms. The minimum absolute atomic E-state index is 0. The molecule has 14 nitrogen and oxygen atoms in total. The van der Waals surface area contributed by atoms with Crippen molar-refractivity contribution in [3.8, 4) is 11.5 Å². The molecule has 12 rings (SSSR count). The summed E-state index contributed by atoms with van der Waals surface area (Å²) in [7, 11) is -2.60. The molecule has 2 fully saturated rings. The third-order valence-corrected chi connectivity index (χ3v) is 21.8. The van der Waals surface area contributed by atoms with Gasteiger partial charge in [-0.25, -0.2) is 18.7 Å². The van der Waals surface area contributed by atoms with Gasteiger partial charge in [-0.2, -0.15) is 0 Å². The van der Waals surface area contributed by atoms with Gasteiger partial charge in [0.1, 0.15) is 31.3 Å². The first-order valence-electron chi connectivity index (χ1n) is 28.9. The second-order valence-electron chi connectivity index (χ2n) is 23.9. The van der Waals surface area contributed by atoms with Crippen molar-refractivity contribution in [2.24, 2.45) is 42.7 Å². The van der Waals surface area contributed by atoms with Crippen molar-refractivity contribution in [1.82, 2.24) is 0 Å². The number of hydrogen-bond donors (Lipinski definition) is 2. The van der Waals surface area contributed by atoms with Crippen LogP contribution in [0, 0.1) is 23.7 Å². The zero-order valence-electron chi connectivity index (χ0n) is 46.0. The summed E-state index contributed by atoms with van der Waals surface area (Å²) in [4.78, 5) is 31.2. The first-order valence-corrected chi connectivity index (χ1v) is 32.8. The van der Waals surface area contributed by atoms with E-state index in [0.717, 1.165) is 131 Å². The summed E-state index contributed by atoms with van der Waals surface area (Å²) in [5.41, 5.74) is 7.69. The number of benzene rings is 4. The van der Waals surface area contributed by atoms with Crippen LogP contribution in [-0.2, 0) is 53.0 Å². The van der Waals surface area contributed by atoms with Gasteiger partial charge >= 0.3 is 0 Å². The molecule has 4 aromatic carbocycles. The Hall–Kier alpha value is -4.81. The molecule has 0 aromatic heterocycles. The Morgan fingerprint density at radius 2 is 1.17 bits per heavy atom. The maximum absolute atomic E-state index is 13.2. The average Bonchev–Trinajstić information content (AvgIpc) is 3.95. The number of halogens is 1. The molecule has 4 heterocycles. The van der Waals surface area contributed by atoms with Gasteiger partial charge in [0.25, 0.3) is 11.8 Å². The molecular formula is C64H87ClN6O8S2. The maximum Gasteiger partial charge on any atom is 0.286 e. The van der Waals surface area contributed by atoms with Gasteiger partial charge in [0.15, 0.2) is 0 Å². The number of allylic oxidation sites excluding steroid dienone is 1. The van der Waals surface area contributed by atoms with Crippen LogP contribution in [0.3, 0.4) is 0 Å². The van der Waals surface area contributed by atoms with Crippen molar-refractivity contribution in [2.75, 3.05) is 74.9 Å². The lowest BCUT2D eigenvalue weighted by Crippen LogP contribution is -2.49. The molecule has 2 unspecified atom stereocenters. The van der Waals surface area contributed by atoms with Crippen molar-refractivity contribution >= 4 is 54.6 Å². The van der Waals surface area contributed by atoms with Crippen molar-refractivity contribution < 1.29 is 37.0 Å². The lowest BCUT2D eigenvalue weighted by Gasteiger charge is -2.46. The first kappa shape index (κ1) is 60.8. The van der Waals surface area contributed by atoms with Crippen molar-refractivity contribution in [3.63, 3.8) is 0 Å². The van der Waals surface area contributed by atoms with Crippen LogP contribution in [0.25, 0.3) is 0 Å². The molecule has 4 aliphatic carbocycles. The highest BCUT2D eigenvalue weighted by Gasteiger charge is 2.47. The molecule has 2 saturated carbocycles. The van der Waals surface area contributed by atoms with E-state index in [2.05, 4.69) is 61.0 Å². The summed E-state index contributed by atoms with van der Waals surface area (Å²) in [5.74, 6) is 2.79. The number of carbonyl (C=O) groups is 2. The lowest BCUT2D eigenvalue weighted by atomic mass is 9.68. The summed E-state index contributed by atoms with van der Waals surface area (Å²) in [5, 5.41) is 12.8. The molecule has 0 saturated heterocycles. The first-order chi connectivity index (χ1) is 38.1. The van der Waals surface area contributed by atoms with Gasteiger partial charge in [-0.1, -0.05) is 81.8 Å². The molecule has 4 N–H and O–H groups in total. The SMILES string of the molecule is C.C.CO[C@H]1C/C=C\CCS(N)(=O)=NC(=O)c2ccc3c(c2)N(C[C@@H]2CC[C@H]21)C[C@@]1(CCCc2cc(Cl)ccc21)CO3.CO[C@H]1CCCCCS(N)(=O)=NC(=O)c2ccc3c(c2)N(C[C@@H]2CC[C@H]21)C[C@@]1(CCCc2ccccc21)CO3.